The van der Waals surface area contributed by atoms with Gasteiger partial charge in [0.05, 0.1) is 0 Å². The number of nitrogens with zero attached hydrogens (tertiary/aromatic N) is 5. The number of pyridine rings is 1. The first-order valence-corrected chi connectivity index (χ1v) is 10.7. The molecule has 0 radical (unpaired) electrons. The number of benzene rings is 2. The fraction of sp³-hybridized carbons (Fsp3) is 0.0385. The van der Waals surface area contributed by atoms with Crippen LogP contribution in [0.25, 0.3) is 27.9 Å². The second-order valence-corrected chi connectivity index (χ2v) is 7.75. The number of carbonyl (C=O) groups excluding carboxylic acids is 1. The molecule has 0 aliphatic rings. The van der Waals surface area contributed by atoms with E-state index in [2.05, 4.69) is 25.5 Å². The Morgan fingerprint density at radius 2 is 1.92 bits per heavy atom. The predicted molar refractivity (Wildman–Crippen MR) is 133 cm³/mol. The van der Waals surface area contributed by atoms with E-state index in [0.29, 0.717) is 33.6 Å². The Bertz CT molecular complexity index is 1660. The summed E-state index contributed by atoms with van der Waals surface area (Å²) >= 11 is 0. The molecule has 2 aromatic carbocycles. The smallest absolute Gasteiger partial charge is 0.300 e. The molecule has 1 amide bonds. The maximum atomic E-state index is 15.2. The average molecular weight is 479 g/mol. The number of fused-ring (bicyclic) bond motifs is 1. The lowest BCUT2D eigenvalue weighted by atomic mass is 9.99. The molecular weight excluding hydrogens is 461 g/mol. The van der Waals surface area contributed by atoms with Crippen LogP contribution < -0.4 is 15.8 Å². The Labute approximate surface area is 204 Å². The molecule has 3 N–H and O–H groups in total. The van der Waals surface area contributed by atoms with Crippen molar-refractivity contribution in [2.75, 3.05) is 11.1 Å². The first kappa shape index (κ1) is 22.5. The highest BCUT2D eigenvalue weighted by molar-refractivity contribution is 6.03. The highest BCUT2D eigenvalue weighted by Gasteiger charge is 2.21. The molecule has 10 heteroatoms. The van der Waals surface area contributed by atoms with Crippen molar-refractivity contribution in [2.24, 2.45) is 0 Å². The number of nitrogens with two attached hydrogens (primary N) is 1. The van der Waals surface area contributed by atoms with Crippen molar-refractivity contribution in [3.63, 3.8) is 0 Å². The van der Waals surface area contributed by atoms with Crippen LogP contribution in [0.15, 0.2) is 67.0 Å². The Hall–Kier alpha value is -5.30. The summed E-state index contributed by atoms with van der Waals surface area (Å²) in [7, 11) is 0. The van der Waals surface area contributed by atoms with Gasteiger partial charge in [-0.2, -0.15) is 0 Å². The number of amides is 1. The first-order chi connectivity index (χ1) is 17.4. The van der Waals surface area contributed by atoms with Gasteiger partial charge in [-0.05, 0) is 48.7 Å². The summed E-state index contributed by atoms with van der Waals surface area (Å²) in [6, 6.07) is 16.7. The summed E-state index contributed by atoms with van der Waals surface area (Å²) in [5, 5.41) is 11.3. The summed E-state index contributed by atoms with van der Waals surface area (Å²) in [5.41, 5.74) is 10.0. The van der Waals surface area contributed by atoms with E-state index >= 15 is 4.39 Å². The van der Waals surface area contributed by atoms with E-state index in [-0.39, 0.29) is 17.4 Å². The summed E-state index contributed by atoms with van der Waals surface area (Å²) in [4.78, 5) is 19.8. The Kier molecular flexibility index (Phi) is 5.72. The van der Waals surface area contributed by atoms with Gasteiger partial charge < -0.3 is 15.8 Å². The molecule has 3 aromatic heterocycles. The molecule has 0 fully saturated rings. The lowest BCUT2D eigenvalue weighted by molar-refractivity contribution is -0.111. The van der Waals surface area contributed by atoms with Gasteiger partial charge in [0.2, 0.25) is 5.88 Å². The van der Waals surface area contributed by atoms with Gasteiger partial charge in [-0.3, -0.25) is 4.79 Å². The molecule has 0 saturated heterocycles. The largest absolute Gasteiger partial charge is 0.436 e. The lowest BCUT2D eigenvalue weighted by Crippen LogP contribution is -2.07. The Morgan fingerprint density at radius 3 is 2.64 bits per heavy atom. The van der Waals surface area contributed by atoms with E-state index in [1.54, 1.807) is 42.5 Å². The number of nitrogens with one attached hydrogen (secondary N) is 1. The maximum Gasteiger partial charge on any atom is 0.300 e. The van der Waals surface area contributed by atoms with Crippen molar-refractivity contribution < 1.29 is 13.9 Å². The van der Waals surface area contributed by atoms with Gasteiger partial charge in [0, 0.05) is 28.6 Å². The van der Waals surface area contributed by atoms with Crippen LogP contribution in [0.4, 0.5) is 15.9 Å². The van der Waals surface area contributed by atoms with Gasteiger partial charge in [-0.25, -0.2) is 14.4 Å². The van der Waals surface area contributed by atoms with Crippen LogP contribution in [0.3, 0.4) is 0 Å². The van der Waals surface area contributed by atoms with E-state index in [9.17, 15) is 4.79 Å². The van der Waals surface area contributed by atoms with Crippen molar-refractivity contribution in [1.82, 2.24) is 24.8 Å². The fourth-order valence-corrected chi connectivity index (χ4v) is 3.70. The summed E-state index contributed by atoms with van der Waals surface area (Å²) in [6.45, 7) is 1.82. The van der Waals surface area contributed by atoms with Crippen LogP contribution in [0.2, 0.25) is 0 Å². The van der Waals surface area contributed by atoms with Crippen LogP contribution >= 0.6 is 0 Å². The third-order valence-electron chi connectivity index (χ3n) is 5.31. The molecule has 9 nitrogen and oxygen atoms in total. The number of hydrogen-bond donors (Lipinski definition) is 2. The Balaban J connectivity index is 1.59. The number of rotatable bonds is 5. The number of nitrogen functional groups attached to an aromatic ring is 1. The molecule has 3 heterocycles. The molecule has 0 aliphatic carbocycles. The van der Waals surface area contributed by atoms with Crippen molar-refractivity contribution in [3.05, 3.63) is 78.5 Å². The van der Waals surface area contributed by atoms with Crippen LogP contribution in [0.5, 0.6) is 11.6 Å². The molecular formula is C26H18FN7O2. The number of anilines is 2. The van der Waals surface area contributed by atoms with Gasteiger partial charge in [0.1, 0.15) is 17.5 Å². The number of ether oxygens (including phenoxy) is 1. The fourth-order valence-electron chi connectivity index (χ4n) is 3.70. The van der Waals surface area contributed by atoms with Gasteiger partial charge in [-0.1, -0.05) is 24.3 Å². The normalized spacial score (nSPS) is 10.7. The van der Waals surface area contributed by atoms with Gasteiger partial charge in [0.25, 0.3) is 5.91 Å². The van der Waals surface area contributed by atoms with Crippen LogP contribution in [0, 0.1) is 25.1 Å². The van der Waals surface area contributed by atoms with Crippen molar-refractivity contribution >= 4 is 22.9 Å². The summed E-state index contributed by atoms with van der Waals surface area (Å²) in [5.74, 6) is 1.33. The maximum absolute atomic E-state index is 15.2. The first-order valence-electron chi connectivity index (χ1n) is 10.7. The lowest BCUT2D eigenvalue weighted by Gasteiger charge is -2.10. The highest BCUT2D eigenvalue weighted by Crippen LogP contribution is 2.38. The number of halogens is 1. The third-order valence-corrected chi connectivity index (χ3v) is 5.31. The van der Waals surface area contributed by atoms with E-state index in [0.717, 1.165) is 5.69 Å². The highest BCUT2D eigenvalue weighted by atomic mass is 19.1. The molecule has 0 saturated carbocycles. The second-order valence-electron chi connectivity index (χ2n) is 7.75. The third kappa shape index (κ3) is 4.28. The van der Waals surface area contributed by atoms with E-state index in [1.807, 2.05) is 18.9 Å². The van der Waals surface area contributed by atoms with Crippen LogP contribution in [0.1, 0.15) is 5.69 Å². The van der Waals surface area contributed by atoms with E-state index in [1.165, 1.54) is 23.1 Å². The summed E-state index contributed by atoms with van der Waals surface area (Å²) < 4.78 is 22.2. The van der Waals surface area contributed by atoms with Crippen LogP contribution in [-0.2, 0) is 4.79 Å². The number of aryl methyl sites for hydroxylation is 1. The van der Waals surface area contributed by atoms with Gasteiger partial charge >= 0.3 is 0 Å². The van der Waals surface area contributed by atoms with Crippen molar-refractivity contribution in [3.8, 4) is 46.4 Å². The molecule has 5 rings (SSSR count). The molecule has 0 unspecified atom stereocenters. The average Bonchev–Trinajstić information content (AvgIpc) is 3.27. The quantitative estimate of drug-likeness (QED) is 0.362. The minimum atomic E-state index is -0.594. The molecule has 36 heavy (non-hydrogen) atoms. The molecule has 0 spiro atoms. The summed E-state index contributed by atoms with van der Waals surface area (Å²) in [6.07, 6.45) is 6.40. The van der Waals surface area contributed by atoms with Gasteiger partial charge in [0.15, 0.2) is 17.4 Å². The zero-order chi connectivity index (χ0) is 25.2. The Morgan fingerprint density at radius 1 is 1.14 bits per heavy atom. The van der Waals surface area contributed by atoms with Crippen LogP contribution in [-0.4, -0.2) is 30.7 Å². The zero-order valence-corrected chi connectivity index (χ0v) is 18.9. The minimum Gasteiger partial charge on any atom is -0.436 e. The van der Waals surface area contributed by atoms with Crippen molar-refractivity contribution in [1.29, 1.82) is 0 Å². The molecule has 5 aromatic rings. The predicted octanol–water partition coefficient (Wildman–Crippen LogP) is 4.25. The number of aromatic nitrogens is 5. The van der Waals surface area contributed by atoms with E-state index in [4.69, 9.17) is 16.9 Å². The monoisotopic (exact) mass is 479 g/mol. The van der Waals surface area contributed by atoms with E-state index < -0.39 is 11.7 Å². The zero-order valence-electron chi connectivity index (χ0n) is 18.9. The number of terminal acetylenes is 1. The number of carbonyl (C=O) groups is 1. The topological polar surface area (TPSA) is 120 Å². The van der Waals surface area contributed by atoms with Gasteiger partial charge in [-0.15, -0.1) is 21.3 Å². The number of hydrogen-bond acceptors (Lipinski definition) is 7. The molecule has 0 atom stereocenters. The SMILES string of the molecule is C#CC(=O)Nc1ccc(-c2nn3ncnc(N)c3c2-c2ccc(Oc3cccc(C)n3)c(F)c2)cc1. The second kappa shape index (κ2) is 9.15. The molecule has 0 aliphatic heterocycles. The van der Waals surface area contributed by atoms with Crippen molar-refractivity contribution in [2.45, 2.75) is 6.92 Å². The molecule has 0 bridgehead atoms. The standard InChI is InChI=1S/C26H18FN7O2/c1-3-21(35)32-18-10-7-16(8-11-18)24-23(25-26(28)29-14-30-34(25)33-24)17-9-12-20(19(27)13-17)36-22-6-4-5-15(2)31-22/h1,4-14H,2H3,(H,32,35)(H2,28,29,30). The minimum absolute atomic E-state index is 0.0210. The molecule has 176 valence electrons.